The van der Waals surface area contributed by atoms with Crippen LogP contribution in [0.2, 0.25) is 0 Å². The fourth-order valence-electron chi connectivity index (χ4n) is 2.34. The van der Waals surface area contributed by atoms with Gasteiger partial charge in [0.15, 0.2) is 5.16 Å². The van der Waals surface area contributed by atoms with E-state index in [9.17, 15) is 4.79 Å². The van der Waals surface area contributed by atoms with Crippen molar-refractivity contribution < 1.29 is 9.90 Å². The standard InChI is InChI=1S/C12H19N3O2S/c1-3-5-8-6-9(8)15-10(4-2)13-14-12(15)18-7-11(16)17/h8-9H,3-7H2,1-2H3,(H,16,17). The van der Waals surface area contributed by atoms with E-state index in [1.165, 1.54) is 31.0 Å². The Bertz CT molecular complexity index is 433. The lowest BCUT2D eigenvalue weighted by Gasteiger charge is -2.08. The molecule has 2 rings (SSSR count). The molecule has 18 heavy (non-hydrogen) atoms. The highest BCUT2D eigenvalue weighted by Crippen LogP contribution is 2.48. The zero-order valence-corrected chi connectivity index (χ0v) is 11.6. The van der Waals surface area contributed by atoms with Crippen LogP contribution in [-0.2, 0) is 11.2 Å². The van der Waals surface area contributed by atoms with Gasteiger partial charge >= 0.3 is 5.97 Å². The topological polar surface area (TPSA) is 68.0 Å². The zero-order valence-electron chi connectivity index (χ0n) is 10.8. The molecule has 1 heterocycles. The Kier molecular flexibility index (Phi) is 4.27. The molecule has 1 aliphatic rings. The Labute approximate surface area is 111 Å². The summed E-state index contributed by atoms with van der Waals surface area (Å²) in [5.41, 5.74) is 0. The van der Waals surface area contributed by atoms with E-state index in [0.717, 1.165) is 23.3 Å². The molecule has 0 aromatic carbocycles. The molecule has 1 fully saturated rings. The predicted octanol–water partition coefficient (Wildman–Crippen LogP) is 2.38. The number of hydrogen-bond donors (Lipinski definition) is 1. The lowest BCUT2D eigenvalue weighted by molar-refractivity contribution is -0.133. The molecular weight excluding hydrogens is 250 g/mol. The number of carbonyl (C=O) groups is 1. The first-order valence-electron chi connectivity index (χ1n) is 6.45. The largest absolute Gasteiger partial charge is 0.481 e. The maximum absolute atomic E-state index is 10.6. The van der Waals surface area contributed by atoms with Crippen LogP contribution in [0.5, 0.6) is 0 Å². The second kappa shape index (κ2) is 5.73. The van der Waals surface area contributed by atoms with Gasteiger partial charge in [0.2, 0.25) is 0 Å². The van der Waals surface area contributed by atoms with Crippen LogP contribution in [0.25, 0.3) is 0 Å². The van der Waals surface area contributed by atoms with Crippen molar-refractivity contribution in [2.45, 2.75) is 50.7 Å². The minimum absolute atomic E-state index is 0.0486. The van der Waals surface area contributed by atoms with Gasteiger partial charge in [-0.2, -0.15) is 0 Å². The molecule has 6 heteroatoms. The minimum atomic E-state index is -0.812. The molecule has 0 aliphatic heterocycles. The van der Waals surface area contributed by atoms with Gasteiger partial charge in [0, 0.05) is 12.5 Å². The molecule has 2 unspecified atom stereocenters. The van der Waals surface area contributed by atoms with Crippen LogP contribution in [-0.4, -0.2) is 31.6 Å². The van der Waals surface area contributed by atoms with Gasteiger partial charge in [0.1, 0.15) is 5.82 Å². The molecular formula is C12H19N3O2S. The number of nitrogens with zero attached hydrogens (tertiary/aromatic N) is 3. The molecule has 0 radical (unpaired) electrons. The predicted molar refractivity (Wildman–Crippen MR) is 69.8 cm³/mol. The third-order valence-electron chi connectivity index (χ3n) is 3.25. The molecule has 5 nitrogen and oxygen atoms in total. The Morgan fingerprint density at radius 2 is 2.28 bits per heavy atom. The van der Waals surface area contributed by atoms with Crippen molar-refractivity contribution in [2.24, 2.45) is 5.92 Å². The summed E-state index contributed by atoms with van der Waals surface area (Å²) in [5, 5.41) is 17.8. The number of aliphatic carboxylic acids is 1. The fourth-order valence-corrected chi connectivity index (χ4v) is 3.07. The number of aryl methyl sites for hydroxylation is 1. The smallest absolute Gasteiger partial charge is 0.313 e. The molecule has 0 amide bonds. The summed E-state index contributed by atoms with van der Waals surface area (Å²) in [6, 6.07) is 0.492. The Balaban J connectivity index is 2.11. The lowest BCUT2D eigenvalue weighted by Crippen LogP contribution is -2.06. The third-order valence-corrected chi connectivity index (χ3v) is 4.18. The number of rotatable bonds is 7. The first-order chi connectivity index (χ1) is 8.67. The van der Waals surface area contributed by atoms with E-state index < -0.39 is 5.97 Å². The van der Waals surface area contributed by atoms with Crippen LogP contribution in [0, 0.1) is 5.92 Å². The normalized spacial score (nSPS) is 22.1. The van der Waals surface area contributed by atoms with Gasteiger partial charge in [-0.1, -0.05) is 32.0 Å². The monoisotopic (exact) mass is 269 g/mol. The molecule has 1 N–H and O–H groups in total. The van der Waals surface area contributed by atoms with Crippen molar-refractivity contribution >= 4 is 17.7 Å². The third kappa shape index (κ3) is 2.85. The molecule has 100 valence electrons. The van der Waals surface area contributed by atoms with Gasteiger partial charge in [-0.25, -0.2) is 0 Å². The summed E-state index contributed by atoms with van der Waals surface area (Å²) in [4.78, 5) is 10.6. The maximum atomic E-state index is 10.6. The fraction of sp³-hybridized carbons (Fsp3) is 0.750. The van der Waals surface area contributed by atoms with Crippen LogP contribution >= 0.6 is 11.8 Å². The number of aromatic nitrogens is 3. The highest BCUT2D eigenvalue weighted by molar-refractivity contribution is 7.99. The van der Waals surface area contributed by atoms with Crippen molar-refractivity contribution in [1.29, 1.82) is 0 Å². The van der Waals surface area contributed by atoms with E-state index in [2.05, 4.69) is 28.6 Å². The van der Waals surface area contributed by atoms with Crippen molar-refractivity contribution in [3.8, 4) is 0 Å². The summed E-state index contributed by atoms with van der Waals surface area (Å²) in [5.74, 6) is 0.938. The van der Waals surface area contributed by atoms with Gasteiger partial charge in [0.05, 0.1) is 5.75 Å². The first kappa shape index (κ1) is 13.4. The zero-order chi connectivity index (χ0) is 13.1. The van der Waals surface area contributed by atoms with Crippen LogP contribution in [0.3, 0.4) is 0 Å². The average Bonchev–Trinajstić information content (AvgIpc) is 2.97. The molecule has 0 spiro atoms. The van der Waals surface area contributed by atoms with Crippen LogP contribution in [0.15, 0.2) is 5.16 Å². The lowest BCUT2D eigenvalue weighted by atomic mass is 10.2. The van der Waals surface area contributed by atoms with E-state index in [-0.39, 0.29) is 5.75 Å². The van der Waals surface area contributed by atoms with Crippen molar-refractivity contribution in [3.05, 3.63) is 5.82 Å². The number of carboxylic acids is 1. The first-order valence-corrected chi connectivity index (χ1v) is 7.44. The minimum Gasteiger partial charge on any atom is -0.481 e. The Morgan fingerprint density at radius 3 is 2.89 bits per heavy atom. The molecule has 0 saturated heterocycles. The number of carboxylic acid groups (broad SMARTS) is 1. The summed E-state index contributed by atoms with van der Waals surface area (Å²) >= 11 is 1.27. The van der Waals surface area contributed by atoms with E-state index in [1.54, 1.807) is 0 Å². The van der Waals surface area contributed by atoms with Crippen molar-refractivity contribution in [2.75, 3.05) is 5.75 Å². The molecule has 1 aromatic heterocycles. The van der Waals surface area contributed by atoms with Crippen molar-refractivity contribution in [1.82, 2.24) is 14.8 Å². The Hall–Kier alpha value is -1.04. The van der Waals surface area contributed by atoms with E-state index >= 15 is 0 Å². The molecule has 0 bridgehead atoms. The van der Waals surface area contributed by atoms with Crippen molar-refractivity contribution in [3.63, 3.8) is 0 Å². The van der Waals surface area contributed by atoms with E-state index in [0.29, 0.717) is 6.04 Å². The van der Waals surface area contributed by atoms with Gasteiger partial charge in [0.25, 0.3) is 0 Å². The number of hydrogen-bond acceptors (Lipinski definition) is 4. The average molecular weight is 269 g/mol. The number of thioether (sulfide) groups is 1. The van der Waals surface area contributed by atoms with Crippen LogP contribution in [0.1, 0.15) is 45.0 Å². The highest BCUT2D eigenvalue weighted by atomic mass is 32.2. The maximum Gasteiger partial charge on any atom is 0.313 e. The summed E-state index contributed by atoms with van der Waals surface area (Å²) < 4.78 is 2.16. The van der Waals surface area contributed by atoms with E-state index in [1.807, 2.05) is 0 Å². The van der Waals surface area contributed by atoms with E-state index in [4.69, 9.17) is 5.11 Å². The molecule has 1 aliphatic carbocycles. The summed E-state index contributed by atoms with van der Waals surface area (Å²) in [7, 11) is 0. The quantitative estimate of drug-likeness (QED) is 0.770. The van der Waals surface area contributed by atoms with Crippen LogP contribution in [0.4, 0.5) is 0 Å². The second-order valence-corrected chi connectivity index (χ2v) is 5.60. The van der Waals surface area contributed by atoms with Gasteiger partial charge in [-0.05, 0) is 18.8 Å². The second-order valence-electron chi connectivity index (χ2n) is 4.66. The molecule has 1 saturated carbocycles. The summed E-state index contributed by atoms with van der Waals surface area (Å²) in [6.07, 6.45) is 4.45. The molecule has 1 aromatic rings. The Morgan fingerprint density at radius 1 is 1.50 bits per heavy atom. The molecule has 2 atom stereocenters. The van der Waals surface area contributed by atoms with Gasteiger partial charge in [-0.15, -0.1) is 10.2 Å². The van der Waals surface area contributed by atoms with Gasteiger partial charge < -0.3 is 9.67 Å². The SMILES string of the molecule is CCCC1CC1n1c(CC)nnc1SCC(=O)O. The van der Waals surface area contributed by atoms with Crippen LogP contribution < -0.4 is 0 Å². The van der Waals surface area contributed by atoms with Gasteiger partial charge in [-0.3, -0.25) is 4.79 Å². The highest BCUT2D eigenvalue weighted by Gasteiger charge is 2.40. The summed E-state index contributed by atoms with van der Waals surface area (Å²) in [6.45, 7) is 4.26.